The summed E-state index contributed by atoms with van der Waals surface area (Å²) in [4.78, 5) is 23.9. The predicted octanol–water partition coefficient (Wildman–Crippen LogP) is 6.29. The lowest BCUT2D eigenvalue weighted by Crippen LogP contribution is -2.47. The van der Waals surface area contributed by atoms with Crippen molar-refractivity contribution in [2.24, 2.45) is 29.1 Å². The van der Waals surface area contributed by atoms with Gasteiger partial charge in [0.25, 0.3) is 0 Å². The number of benzene rings is 1. The van der Waals surface area contributed by atoms with E-state index in [2.05, 4.69) is 19.1 Å². The van der Waals surface area contributed by atoms with Crippen LogP contribution in [0, 0.1) is 29.1 Å². The number of hydrogen-bond acceptors (Lipinski definition) is 4. The van der Waals surface area contributed by atoms with E-state index >= 15 is 0 Å². The van der Waals surface area contributed by atoms with E-state index < -0.39 is 0 Å². The third kappa shape index (κ3) is 3.33. The highest BCUT2D eigenvalue weighted by Gasteiger charge is 2.56. The lowest BCUT2D eigenvalue weighted by Gasteiger charge is -2.52. The molecule has 0 spiro atoms. The number of allylic oxidation sites excluding steroid dienone is 4. The Morgan fingerprint density at radius 3 is 2.82 bits per heavy atom. The van der Waals surface area contributed by atoms with E-state index in [9.17, 15) is 9.59 Å². The second-order valence-corrected chi connectivity index (χ2v) is 10.9. The first-order chi connectivity index (χ1) is 15.9. The Balaban J connectivity index is 1.31. The average Bonchev–Trinajstić information content (AvgIpc) is 3.13. The molecule has 6 unspecified atom stereocenters. The molecule has 6 rings (SSSR count). The van der Waals surface area contributed by atoms with Crippen LogP contribution < -0.4 is 5.63 Å². The quantitative estimate of drug-likeness (QED) is 0.403. The Bertz CT molecular complexity index is 1230. The molecule has 4 heteroatoms. The largest absolute Gasteiger partial charge is 0.462 e. The van der Waals surface area contributed by atoms with E-state index in [0.717, 1.165) is 49.0 Å². The minimum absolute atomic E-state index is 0.0854. The summed E-state index contributed by atoms with van der Waals surface area (Å²) in [5.41, 5.74) is 4.27. The molecule has 0 aliphatic heterocycles. The zero-order valence-electron chi connectivity index (χ0n) is 19.5. The molecule has 2 saturated carbocycles. The Labute approximate surface area is 194 Å². The first kappa shape index (κ1) is 20.9. The van der Waals surface area contributed by atoms with E-state index in [1.165, 1.54) is 24.0 Å². The number of hydrogen-bond donors (Lipinski definition) is 0. The standard InChI is InChI=1S/C29H32O4/c1-17(30)32-27-12-11-25-22-10-8-18-15-19(7-9-20(18)21(22)13-14-29(25,27)2)24-16-28(31)33-26-6-4-3-5-23(24)26/h3-6,8,15-16,20-22,25,27H,7,9-14H2,1-2H3. The van der Waals surface area contributed by atoms with Gasteiger partial charge in [0, 0.05) is 23.8 Å². The highest BCUT2D eigenvalue weighted by molar-refractivity contribution is 5.91. The molecule has 6 atom stereocenters. The van der Waals surface area contributed by atoms with Crippen molar-refractivity contribution in [2.45, 2.75) is 64.9 Å². The van der Waals surface area contributed by atoms with Crippen molar-refractivity contribution in [3.05, 3.63) is 64.0 Å². The number of ether oxygens (including phenoxy) is 1. The van der Waals surface area contributed by atoms with Crippen molar-refractivity contribution in [2.75, 3.05) is 0 Å². The highest BCUT2D eigenvalue weighted by atomic mass is 16.5. The predicted molar refractivity (Wildman–Crippen MR) is 128 cm³/mol. The van der Waals surface area contributed by atoms with Crippen molar-refractivity contribution >= 4 is 22.5 Å². The summed E-state index contributed by atoms with van der Waals surface area (Å²) < 4.78 is 11.2. The maximum atomic E-state index is 12.2. The zero-order valence-corrected chi connectivity index (χ0v) is 19.5. The summed E-state index contributed by atoms with van der Waals surface area (Å²) >= 11 is 0. The zero-order chi connectivity index (χ0) is 22.7. The first-order valence-electron chi connectivity index (χ1n) is 12.5. The van der Waals surface area contributed by atoms with Gasteiger partial charge in [-0.1, -0.05) is 37.3 Å². The van der Waals surface area contributed by atoms with Gasteiger partial charge in [-0.3, -0.25) is 4.79 Å². The lowest BCUT2D eigenvalue weighted by molar-refractivity contribution is -0.155. The van der Waals surface area contributed by atoms with E-state index in [-0.39, 0.29) is 23.1 Å². The van der Waals surface area contributed by atoms with Crippen LogP contribution in [0.3, 0.4) is 0 Å². The molecule has 1 heterocycles. The fraction of sp³-hybridized carbons (Fsp3) is 0.517. The Morgan fingerprint density at radius 1 is 1.12 bits per heavy atom. The molecule has 1 aromatic heterocycles. The lowest BCUT2D eigenvalue weighted by atomic mass is 9.53. The Hall–Kier alpha value is -2.62. The third-order valence-electron chi connectivity index (χ3n) is 9.35. The van der Waals surface area contributed by atoms with Crippen LogP contribution in [-0.2, 0) is 9.53 Å². The smallest absolute Gasteiger partial charge is 0.336 e. The molecule has 4 aliphatic rings. The number of rotatable bonds is 2. The van der Waals surface area contributed by atoms with Crippen LogP contribution in [0.15, 0.2) is 57.3 Å². The SMILES string of the molecule is CC(=O)OC1CCC2C3CC=C4C=C(c5cc(=O)oc6ccccc56)CCC4C3CCC12C. The van der Waals surface area contributed by atoms with Gasteiger partial charge in [-0.05, 0) is 91.4 Å². The molecule has 172 valence electrons. The minimum Gasteiger partial charge on any atom is -0.462 e. The fourth-order valence-electron chi connectivity index (χ4n) is 7.89. The normalized spacial score (nSPS) is 35.2. The van der Waals surface area contributed by atoms with Crippen LogP contribution in [0.5, 0.6) is 0 Å². The summed E-state index contributed by atoms with van der Waals surface area (Å²) in [5, 5.41) is 1.02. The minimum atomic E-state index is -0.278. The molecule has 0 N–H and O–H groups in total. The molecule has 2 aromatic rings. The maximum absolute atomic E-state index is 12.2. The molecule has 0 radical (unpaired) electrons. The number of fused-ring (bicyclic) bond motifs is 6. The van der Waals surface area contributed by atoms with Crippen molar-refractivity contribution < 1.29 is 13.9 Å². The Morgan fingerprint density at radius 2 is 1.97 bits per heavy atom. The highest BCUT2D eigenvalue weighted by Crippen LogP contribution is 2.62. The van der Waals surface area contributed by atoms with Gasteiger partial charge in [-0.25, -0.2) is 4.79 Å². The summed E-state index contributed by atoms with van der Waals surface area (Å²) in [7, 11) is 0. The van der Waals surface area contributed by atoms with Crippen LogP contribution in [0.1, 0.15) is 64.4 Å². The monoisotopic (exact) mass is 444 g/mol. The molecule has 0 amide bonds. The second kappa shape index (κ2) is 7.72. The van der Waals surface area contributed by atoms with Crippen LogP contribution in [0.2, 0.25) is 0 Å². The van der Waals surface area contributed by atoms with E-state index in [1.54, 1.807) is 13.0 Å². The second-order valence-electron chi connectivity index (χ2n) is 10.9. The molecule has 4 nitrogen and oxygen atoms in total. The molecule has 0 saturated heterocycles. The van der Waals surface area contributed by atoms with Crippen LogP contribution in [-0.4, -0.2) is 12.1 Å². The van der Waals surface area contributed by atoms with Crippen LogP contribution >= 0.6 is 0 Å². The molecule has 1 aromatic carbocycles. The van der Waals surface area contributed by atoms with E-state index in [1.807, 2.05) is 24.3 Å². The third-order valence-corrected chi connectivity index (χ3v) is 9.35. The van der Waals surface area contributed by atoms with E-state index in [0.29, 0.717) is 23.3 Å². The number of carbonyl (C=O) groups is 1. The van der Waals surface area contributed by atoms with Gasteiger partial charge in [0.2, 0.25) is 0 Å². The molecule has 33 heavy (non-hydrogen) atoms. The van der Waals surface area contributed by atoms with Gasteiger partial charge < -0.3 is 9.15 Å². The first-order valence-corrected chi connectivity index (χ1v) is 12.5. The average molecular weight is 445 g/mol. The Kier molecular flexibility index (Phi) is 4.90. The topological polar surface area (TPSA) is 56.5 Å². The van der Waals surface area contributed by atoms with Gasteiger partial charge in [0.1, 0.15) is 11.7 Å². The number of para-hydroxylation sites is 1. The van der Waals surface area contributed by atoms with Gasteiger partial charge in [0.05, 0.1) is 0 Å². The van der Waals surface area contributed by atoms with Crippen molar-refractivity contribution in [1.82, 2.24) is 0 Å². The van der Waals surface area contributed by atoms with Crippen molar-refractivity contribution in [3.63, 3.8) is 0 Å². The maximum Gasteiger partial charge on any atom is 0.336 e. The van der Waals surface area contributed by atoms with Gasteiger partial charge in [-0.2, -0.15) is 0 Å². The van der Waals surface area contributed by atoms with Crippen LogP contribution in [0.25, 0.3) is 16.5 Å². The number of esters is 1. The number of carbonyl (C=O) groups excluding carboxylic acids is 1. The van der Waals surface area contributed by atoms with Gasteiger partial charge >= 0.3 is 11.6 Å². The summed E-state index contributed by atoms with van der Waals surface area (Å²) in [5.74, 6) is 2.53. The summed E-state index contributed by atoms with van der Waals surface area (Å²) in [6.07, 6.45) is 12.8. The molecule has 0 bridgehead atoms. The molecule has 4 aliphatic carbocycles. The molecular formula is C29H32O4. The molecular weight excluding hydrogens is 412 g/mol. The van der Waals surface area contributed by atoms with Gasteiger partial charge in [-0.15, -0.1) is 0 Å². The van der Waals surface area contributed by atoms with Crippen molar-refractivity contribution in [1.29, 1.82) is 0 Å². The van der Waals surface area contributed by atoms with Crippen LogP contribution in [0.4, 0.5) is 0 Å². The van der Waals surface area contributed by atoms with Crippen molar-refractivity contribution in [3.8, 4) is 0 Å². The molecule has 2 fully saturated rings. The van der Waals surface area contributed by atoms with Gasteiger partial charge in [0.15, 0.2) is 0 Å². The summed E-state index contributed by atoms with van der Waals surface area (Å²) in [6, 6.07) is 9.51. The fourth-order valence-corrected chi connectivity index (χ4v) is 7.89. The van der Waals surface area contributed by atoms with E-state index in [4.69, 9.17) is 9.15 Å². The summed E-state index contributed by atoms with van der Waals surface area (Å²) in [6.45, 7) is 3.92.